The van der Waals surface area contributed by atoms with Crippen LogP contribution in [0.5, 0.6) is 5.75 Å². The molecule has 4 heteroatoms. The number of rotatable bonds is 5. The largest absolute Gasteiger partial charge is 0.486 e. The number of hydrogen-bond acceptors (Lipinski definition) is 2. The summed E-state index contributed by atoms with van der Waals surface area (Å²) in [5.41, 5.74) is 0.523. The molecule has 3 nitrogen and oxygen atoms in total. The number of nitriles is 1. The van der Waals surface area contributed by atoms with E-state index in [0.29, 0.717) is 5.56 Å². The minimum absolute atomic E-state index is 0.0938. The molecule has 1 aromatic rings. The Labute approximate surface area is 99.6 Å². The lowest BCUT2D eigenvalue weighted by Gasteiger charge is -2.10. The molecule has 17 heavy (non-hydrogen) atoms. The van der Waals surface area contributed by atoms with Crippen molar-refractivity contribution in [2.24, 2.45) is 0 Å². The molecule has 0 aliphatic rings. The second-order valence-corrected chi connectivity index (χ2v) is 3.31. The zero-order chi connectivity index (χ0) is 12.7. The maximum absolute atomic E-state index is 13.5. The van der Waals surface area contributed by atoms with Crippen LogP contribution in [0.25, 0.3) is 4.85 Å². The van der Waals surface area contributed by atoms with Crippen LogP contribution >= 0.6 is 0 Å². The maximum atomic E-state index is 13.5. The van der Waals surface area contributed by atoms with E-state index < -0.39 is 11.9 Å². The third kappa shape index (κ3) is 3.32. The SMILES string of the molecule is [C-]#[N+]C(C#N)Cc1cccc(F)c1OCC=C. The fraction of sp³-hybridized carbons (Fsp3) is 0.231. The van der Waals surface area contributed by atoms with E-state index in [1.807, 2.05) is 6.07 Å². The Hall–Kier alpha value is -2.33. The van der Waals surface area contributed by atoms with Crippen molar-refractivity contribution in [3.05, 3.63) is 53.7 Å². The van der Waals surface area contributed by atoms with Crippen molar-refractivity contribution >= 4 is 0 Å². The predicted octanol–water partition coefficient (Wildman–Crippen LogP) is 2.74. The molecular weight excluding hydrogens is 219 g/mol. The molecule has 0 spiro atoms. The molecular formula is C13H11FN2O. The van der Waals surface area contributed by atoms with Crippen LogP contribution in [-0.4, -0.2) is 12.6 Å². The van der Waals surface area contributed by atoms with Crippen LogP contribution in [0.1, 0.15) is 5.56 Å². The van der Waals surface area contributed by atoms with Crippen LogP contribution in [0.15, 0.2) is 30.9 Å². The van der Waals surface area contributed by atoms with Crippen LogP contribution in [0.4, 0.5) is 4.39 Å². The molecule has 0 N–H and O–H groups in total. The molecule has 86 valence electrons. The summed E-state index contributed by atoms with van der Waals surface area (Å²) < 4.78 is 18.7. The molecule has 1 aromatic carbocycles. The van der Waals surface area contributed by atoms with Gasteiger partial charge in [-0.3, -0.25) is 4.85 Å². The number of benzene rings is 1. The molecule has 1 rings (SSSR count). The predicted molar refractivity (Wildman–Crippen MR) is 61.8 cm³/mol. The van der Waals surface area contributed by atoms with Crippen LogP contribution in [-0.2, 0) is 6.42 Å². The highest BCUT2D eigenvalue weighted by Gasteiger charge is 2.17. The summed E-state index contributed by atoms with van der Waals surface area (Å²) in [6.07, 6.45) is 1.66. The second-order valence-electron chi connectivity index (χ2n) is 3.31. The Bertz CT molecular complexity index is 471. The topological polar surface area (TPSA) is 37.4 Å². The summed E-state index contributed by atoms with van der Waals surface area (Å²) in [4.78, 5) is 3.14. The van der Waals surface area contributed by atoms with Crippen molar-refractivity contribution in [3.8, 4) is 11.8 Å². The highest BCUT2D eigenvalue weighted by atomic mass is 19.1. The minimum Gasteiger partial charge on any atom is -0.486 e. The number of ether oxygens (including phenoxy) is 1. The van der Waals surface area contributed by atoms with E-state index in [4.69, 9.17) is 16.6 Å². The number of halogens is 1. The smallest absolute Gasteiger partial charge is 0.311 e. The van der Waals surface area contributed by atoms with Crippen LogP contribution in [0.2, 0.25) is 0 Å². The van der Waals surface area contributed by atoms with Gasteiger partial charge in [0.2, 0.25) is 0 Å². The molecule has 0 radical (unpaired) electrons. The first-order chi connectivity index (χ1) is 8.22. The van der Waals surface area contributed by atoms with E-state index in [9.17, 15) is 4.39 Å². The second kappa shape index (κ2) is 6.30. The quantitative estimate of drug-likeness (QED) is 0.576. The fourth-order valence-electron chi connectivity index (χ4n) is 1.35. The minimum atomic E-state index is -0.817. The molecule has 0 amide bonds. The van der Waals surface area contributed by atoms with Crippen LogP contribution in [0, 0.1) is 23.7 Å². The number of para-hydroxylation sites is 1. The van der Waals surface area contributed by atoms with Gasteiger partial charge >= 0.3 is 6.04 Å². The number of hydrogen-bond donors (Lipinski definition) is 0. The summed E-state index contributed by atoms with van der Waals surface area (Å²) in [5, 5.41) is 8.71. The lowest BCUT2D eigenvalue weighted by Crippen LogP contribution is -2.07. The summed E-state index contributed by atoms with van der Waals surface area (Å²) in [6.45, 7) is 10.5. The normalized spacial score (nSPS) is 11.0. The summed E-state index contributed by atoms with van der Waals surface area (Å²) in [6, 6.07) is 5.49. The Morgan fingerprint density at radius 1 is 1.65 bits per heavy atom. The van der Waals surface area contributed by atoms with Crippen molar-refractivity contribution in [2.45, 2.75) is 12.5 Å². The molecule has 0 aromatic heterocycles. The van der Waals surface area contributed by atoms with Crippen molar-refractivity contribution < 1.29 is 9.13 Å². The molecule has 0 saturated heterocycles. The molecule has 0 saturated carbocycles. The monoisotopic (exact) mass is 230 g/mol. The van der Waals surface area contributed by atoms with E-state index in [1.165, 1.54) is 18.2 Å². The zero-order valence-electron chi connectivity index (χ0n) is 9.19. The van der Waals surface area contributed by atoms with Gasteiger partial charge in [-0.05, 0) is 6.07 Å². The van der Waals surface area contributed by atoms with E-state index >= 15 is 0 Å². The fourth-order valence-corrected chi connectivity index (χ4v) is 1.35. The van der Waals surface area contributed by atoms with Gasteiger partial charge in [0.25, 0.3) is 0 Å². The van der Waals surface area contributed by atoms with Crippen LogP contribution < -0.4 is 4.74 Å². The average Bonchev–Trinajstić information content (AvgIpc) is 2.35. The van der Waals surface area contributed by atoms with E-state index in [1.54, 1.807) is 6.07 Å². The van der Waals surface area contributed by atoms with Gasteiger partial charge in [0.1, 0.15) is 6.61 Å². The molecule has 0 bridgehead atoms. The van der Waals surface area contributed by atoms with Gasteiger partial charge < -0.3 is 4.74 Å². The maximum Gasteiger partial charge on any atom is 0.311 e. The van der Waals surface area contributed by atoms with Gasteiger partial charge in [0.05, 0.1) is 6.42 Å². The zero-order valence-corrected chi connectivity index (χ0v) is 9.19. The van der Waals surface area contributed by atoms with Crippen molar-refractivity contribution in [1.29, 1.82) is 5.26 Å². The average molecular weight is 230 g/mol. The Balaban J connectivity index is 2.98. The van der Waals surface area contributed by atoms with Gasteiger partial charge in [-0.25, -0.2) is 11.0 Å². The summed E-state index contributed by atoms with van der Waals surface area (Å²) >= 11 is 0. The third-order valence-corrected chi connectivity index (χ3v) is 2.11. The van der Waals surface area contributed by atoms with Crippen molar-refractivity contribution in [1.82, 2.24) is 0 Å². The standard InChI is InChI=1S/C13H11FN2O/c1-3-7-17-13-10(5-4-6-12(13)14)8-11(9-15)16-2/h3-6,11H,1,7-8H2. The third-order valence-electron chi connectivity index (χ3n) is 2.11. The van der Waals surface area contributed by atoms with Gasteiger partial charge in [0.15, 0.2) is 17.6 Å². The van der Waals surface area contributed by atoms with E-state index in [-0.39, 0.29) is 18.8 Å². The first-order valence-corrected chi connectivity index (χ1v) is 5.00. The van der Waals surface area contributed by atoms with E-state index in [2.05, 4.69) is 11.4 Å². The highest BCUT2D eigenvalue weighted by molar-refractivity contribution is 5.37. The molecule has 0 fully saturated rings. The molecule has 0 aliphatic carbocycles. The first kappa shape index (κ1) is 12.7. The molecule has 1 unspecified atom stereocenters. The summed E-state index contributed by atoms with van der Waals surface area (Å²) in [7, 11) is 0. The Morgan fingerprint density at radius 3 is 3.00 bits per heavy atom. The van der Waals surface area contributed by atoms with Gasteiger partial charge in [-0.2, -0.15) is 5.26 Å². The molecule has 1 atom stereocenters. The lowest BCUT2D eigenvalue weighted by molar-refractivity contribution is 0.337. The summed E-state index contributed by atoms with van der Waals surface area (Å²) in [5.74, 6) is -0.401. The van der Waals surface area contributed by atoms with Gasteiger partial charge in [-0.15, -0.1) is 0 Å². The number of nitrogens with zero attached hydrogens (tertiary/aromatic N) is 2. The van der Waals surface area contributed by atoms with Crippen LogP contribution in [0.3, 0.4) is 0 Å². The van der Waals surface area contributed by atoms with Gasteiger partial charge in [0, 0.05) is 5.56 Å². The molecule has 0 aliphatic heterocycles. The lowest BCUT2D eigenvalue weighted by atomic mass is 10.1. The van der Waals surface area contributed by atoms with Gasteiger partial charge in [-0.1, -0.05) is 24.8 Å². The first-order valence-electron chi connectivity index (χ1n) is 5.00. The van der Waals surface area contributed by atoms with Crippen molar-refractivity contribution in [2.75, 3.05) is 6.61 Å². The van der Waals surface area contributed by atoms with Crippen molar-refractivity contribution in [3.63, 3.8) is 0 Å². The molecule has 0 heterocycles. The Morgan fingerprint density at radius 2 is 2.41 bits per heavy atom. The Kier molecular flexibility index (Phi) is 4.72. The highest BCUT2D eigenvalue weighted by Crippen LogP contribution is 2.24. The van der Waals surface area contributed by atoms with E-state index in [0.717, 1.165) is 0 Å².